The van der Waals surface area contributed by atoms with Crippen LogP contribution in [0.3, 0.4) is 0 Å². The lowest BCUT2D eigenvalue weighted by atomic mass is 9.63. The molecule has 1 heterocycles. The van der Waals surface area contributed by atoms with Gasteiger partial charge < -0.3 is 34.3 Å². The molecule has 0 radical (unpaired) electrons. The molecule has 14 atom stereocenters. The van der Waals surface area contributed by atoms with Crippen LogP contribution in [0.1, 0.15) is 214 Å². The van der Waals surface area contributed by atoms with E-state index in [1.807, 2.05) is 20.8 Å². The third kappa shape index (κ3) is 16.6. The first-order chi connectivity index (χ1) is 31.3. The van der Waals surface area contributed by atoms with Crippen LogP contribution in [-0.4, -0.2) is 95.9 Å². The van der Waals surface area contributed by atoms with E-state index in [2.05, 4.69) is 138 Å². The predicted octanol–water partition coefficient (Wildman–Crippen LogP) is 15.8. The van der Waals surface area contributed by atoms with Gasteiger partial charge in [0.15, 0.2) is 15.7 Å². The van der Waals surface area contributed by atoms with Gasteiger partial charge in [-0.15, -0.1) is 0 Å². The summed E-state index contributed by atoms with van der Waals surface area (Å²) in [5.74, 6) is 2.67. The predicted molar refractivity (Wildman–Crippen MR) is 303 cm³/mol. The van der Waals surface area contributed by atoms with E-state index in [9.17, 15) is 20.4 Å². The van der Waals surface area contributed by atoms with Crippen LogP contribution < -0.4 is 0 Å². The number of rotatable bonds is 9. The monoisotopic (exact) mass is 1090 g/mol. The Morgan fingerprint density at radius 1 is 0.739 bits per heavy atom. The Labute approximate surface area is 441 Å². The largest absolute Gasteiger partial charge is 0.414 e. The number of aliphatic hydroxyl groups excluding tert-OH is 3. The van der Waals surface area contributed by atoms with Gasteiger partial charge in [0.2, 0.25) is 0 Å². The highest BCUT2D eigenvalue weighted by Gasteiger charge is 2.55. The summed E-state index contributed by atoms with van der Waals surface area (Å²) in [5, 5.41) is 41.7. The molecule has 0 bridgehead atoms. The molecule has 6 saturated carbocycles. The Morgan fingerprint density at radius 2 is 1.22 bits per heavy atom. The Hall–Kier alpha value is 0.664. The van der Waals surface area contributed by atoms with Crippen LogP contribution in [0.4, 0.5) is 0 Å². The second-order valence-electron chi connectivity index (χ2n) is 28.2. The van der Waals surface area contributed by atoms with E-state index in [0.29, 0.717) is 70.7 Å². The molecular formula is C58H112BrClO7Si2. The number of epoxide rings is 1. The lowest BCUT2D eigenvalue weighted by Crippen LogP contribution is -2.50. The molecule has 0 spiro atoms. The second kappa shape index (κ2) is 24.8. The Morgan fingerprint density at radius 3 is 1.67 bits per heavy atom. The standard InChI is InChI=1S/C18H36O2Si.C17H32O3.C12H20O.C6H15ClSi.C5H9BrO/c1-13(19)14-10-11-15-16(9-8-12-18(14,15)5)20-21(6,7)17(2,3)4;1-12(20-11-10-16(2,3)19)13-7-8-14-15(18)6-5-9-17(13,14)4;1-3-9-6-7-10-11(13)5-4-8-12(9,10)2;1-6(2,3)8(4,5)7;1-5(2)4(3-6)7-5/h13-16,19H,8-12H2,1-7H3;12-15,18-19H,5-11H2,1-4H3;3,10-11,13H,4-8H2,1-2H3;1-5H3;4H,3H2,1-2H3/b;;9-3-;;/t13-,14?,15-,16-,18+;12-,13?,14-,15-,17+;10-,11-,12+;;/m000../s1. The number of aliphatic hydroxyl groups is 4. The van der Waals surface area contributed by atoms with Crippen LogP contribution in [0.25, 0.3) is 0 Å². The molecule has 4 N–H and O–H groups in total. The van der Waals surface area contributed by atoms with Crippen molar-refractivity contribution in [3.63, 3.8) is 0 Å². The summed E-state index contributed by atoms with van der Waals surface area (Å²) < 4.78 is 18.0. The zero-order chi connectivity index (χ0) is 53.0. The highest BCUT2D eigenvalue weighted by Crippen LogP contribution is 2.59. The molecule has 0 aromatic rings. The molecule has 0 aromatic carbocycles. The zero-order valence-corrected chi connectivity index (χ0v) is 52.8. The van der Waals surface area contributed by atoms with Crippen molar-refractivity contribution in [1.82, 2.24) is 0 Å². The summed E-state index contributed by atoms with van der Waals surface area (Å²) in [6.07, 6.45) is 21.5. The Kier molecular flexibility index (Phi) is 23.0. The molecule has 0 aromatic heterocycles. The quantitative estimate of drug-likeness (QED) is 0.0598. The van der Waals surface area contributed by atoms with Crippen molar-refractivity contribution in [2.75, 3.05) is 11.9 Å². The fourth-order valence-electron chi connectivity index (χ4n) is 13.2. The molecule has 69 heavy (non-hydrogen) atoms. The van der Waals surface area contributed by atoms with Gasteiger partial charge in [-0.1, -0.05) is 116 Å². The fraction of sp³-hybridized carbons (Fsp3) is 0.966. The summed E-state index contributed by atoms with van der Waals surface area (Å²) in [7, 11) is -3.08. The van der Waals surface area contributed by atoms with Crippen molar-refractivity contribution in [3.8, 4) is 0 Å². The minimum atomic E-state index is -1.70. The first-order valence-electron chi connectivity index (χ1n) is 28.0. The van der Waals surface area contributed by atoms with Gasteiger partial charge in [-0.3, -0.25) is 0 Å². The minimum Gasteiger partial charge on any atom is -0.414 e. The van der Waals surface area contributed by atoms with Gasteiger partial charge in [0.1, 0.15) is 0 Å². The number of halogens is 2. The van der Waals surface area contributed by atoms with E-state index in [0.717, 1.165) is 31.0 Å². The lowest BCUT2D eigenvalue weighted by Gasteiger charge is -2.49. The fourth-order valence-corrected chi connectivity index (χ4v) is 15.5. The molecule has 7 fully saturated rings. The van der Waals surface area contributed by atoms with Gasteiger partial charge in [-0.05, 0) is 207 Å². The van der Waals surface area contributed by atoms with E-state index in [4.69, 9.17) is 25.0 Å². The normalized spacial score (nSPS) is 37.7. The summed E-state index contributed by atoms with van der Waals surface area (Å²) in [5.41, 5.74) is 1.99. The Bertz CT molecular complexity index is 1590. The third-order valence-corrected chi connectivity index (χ3v) is 30.5. The molecule has 3 unspecified atom stereocenters. The van der Waals surface area contributed by atoms with Crippen LogP contribution in [0, 0.1) is 45.8 Å². The number of allylic oxidation sites excluding steroid dienone is 2. The first kappa shape index (κ1) is 64.0. The number of alkyl halides is 1. The molecule has 7 nitrogen and oxygen atoms in total. The van der Waals surface area contributed by atoms with Crippen molar-refractivity contribution in [2.24, 2.45) is 45.8 Å². The van der Waals surface area contributed by atoms with Gasteiger partial charge in [-0.25, -0.2) is 0 Å². The van der Waals surface area contributed by atoms with Gasteiger partial charge in [-0.2, -0.15) is 11.1 Å². The van der Waals surface area contributed by atoms with Gasteiger partial charge in [0, 0.05) is 18.0 Å². The summed E-state index contributed by atoms with van der Waals surface area (Å²) in [6.45, 7) is 44.6. The van der Waals surface area contributed by atoms with E-state index >= 15 is 0 Å². The summed E-state index contributed by atoms with van der Waals surface area (Å²) in [4.78, 5) is 0. The van der Waals surface area contributed by atoms with E-state index in [-0.39, 0.29) is 40.5 Å². The zero-order valence-electron chi connectivity index (χ0n) is 48.4. The average molecular weight is 1090 g/mol. The van der Waals surface area contributed by atoms with Gasteiger partial charge >= 0.3 is 0 Å². The SMILES string of the molecule is C/C=C1/CC[C@H]2[C@@H](O)CCC[C@]12C.CC(C)(C)[Si](C)(C)Cl.CC1(C)OC1CBr.C[C@H](O)C1CC[C@H]2[C@@H](O[Si](C)(C)C(C)(C)C)CCC[C@]12C.C[C@H](OCCC(C)(C)O)C1CC[C@H]2[C@@H](O)CCC[C@]12C. The van der Waals surface area contributed by atoms with E-state index in [1.165, 1.54) is 70.6 Å². The Balaban J connectivity index is 0.000000242. The van der Waals surface area contributed by atoms with Crippen molar-refractivity contribution in [3.05, 3.63) is 11.6 Å². The van der Waals surface area contributed by atoms with Crippen LogP contribution in [-0.2, 0) is 13.9 Å². The maximum absolute atomic E-state index is 10.3. The molecule has 7 rings (SSSR count). The molecular weight excluding hydrogens is 980 g/mol. The molecule has 0 amide bonds. The third-order valence-electron chi connectivity index (χ3n) is 20.2. The number of hydrogen-bond donors (Lipinski definition) is 4. The lowest BCUT2D eigenvalue weighted by molar-refractivity contribution is -0.0725. The van der Waals surface area contributed by atoms with Crippen LogP contribution in [0.5, 0.6) is 0 Å². The van der Waals surface area contributed by atoms with Gasteiger partial charge in [0.25, 0.3) is 0 Å². The molecule has 7 aliphatic rings. The second-order valence-corrected chi connectivity index (χ2v) is 40.8. The van der Waals surface area contributed by atoms with Gasteiger partial charge in [0.05, 0.1) is 41.7 Å². The van der Waals surface area contributed by atoms with E-state index < -0.39 is 21.3 Å². The average Bonchev–Trinajstić information content (AvgIpc) is 3.48. The maximum Gasteiger partial charge on any atom is 0.192 e. The van der Waals surface area contributed by atoms with Crippen LogP contribution >= 0.6 is 27.0 Å². The molecule has 6 aliphatic carbocycles. The number of hydrogen-bond acceptors (Lipinski definition) is 7. The molecule has 11 heteroatoms. The highest BCUT2D eigenvalue weighted by molar-refractivity contribution is 9.09. The van der Waals surface area contributed by atoms with Crippen molar-refractivity contribution in [1.29, 1.82) is 0 Å². The highest BCUT2D eigenvalue weighted by atomic mass is 79.9. The number of ether oxygens (including phenoxy) is 2. The summed E-state index contributed by atoms with van der Waals surface area (Å²) in [6, 6.07) is 0. The van der Waals surface area contributed by atoms with E-state index in [1.54, 1.807) is 5.57 Å². The summed E-state index contributed by atoms with van der Waals surface area (Å²) >= 11 is 9.47. The van der Waals surface area contributed by atoms with Crippen molar-refractivity contribution in [2.45, 2.75) is 298 Å². The maximum atomic E-state index is 10.3. The molecule has 1 aliphatic heterocycles. The van der Waals surface area contributed by atoms with Crippen molar-refractivity contribution < 1.29 is 34.3 Å². The molecule has 1 saturated heterocycles. The number of fused-ring (bicyclic) bond motifs is 3. The topological polar surface area (TPSA) is 112 Å². The minimum absolute atomic E-state index is 0.0313. The smallest absolute Gasteiger partial charge is 0.192 e. The van der Waals surface area contributed by atoms with Crippen LogP contribution in [0.2, 0.25) is 36.3 Å². The van der Waals surface area contributed by atoms with Crippen LogP contribution in [0.15, 0.2) is 11.6 Å². The van der Waals surface area contributed by atoms with Crippen molar-refractivity contribution >= 4 is 42.7 Å². The molecule has 408 valence electrons. The first-order valence-corrected chi connectivity index (χ1v) is 36.0.